The van der Waals surface area contributed by atoms with E-state index in [2.05, 4.69) is 41.7 Å². The summed E-state index contributed by atoms with van der Waals surface area (Å²) in [5, 5.41) is 9.80. The Balaban J connectivity index is 1.41. The number of piperidine rings is 1. The summed E-state index contributed by atoms with van der Waals surface area (Å²) in [5.41, 5.74) is 10.5. The van der Waals surface area contributed by atoms with Crippen LogP contribution in [0.15, 0.2) is 127 Å². The standard InChI is InChI=1S/C43H42ClN5O3/c1-42(2,3)52-41(51)48-25-13-14-30(28-48)40(50)46-39-36-26-29(35-23-22-34(45)27-37(35)44)21-24-38(36)49(47-39)43(31-15-7-4-8-16-31,32-17-9-5-10-18-32)33-19-11-6-12-20-33/h4-12,15-24,26-27,30H,13-14,25,28,45H2,1-3H3,(H,46,47,50)/t30-/m1/s1. The predicted octanol–water partition coefficient (Wildman–Crippen LogP) is 9.36. The van der Waals surface area contributed by atoms with Gasteiger partial charge in [-0.25, -0.2) is 9.48 Å². The van der Waals surface area contributed by atoms with Crippen LogP contribution in [0.1, 0.15) is 50.3 Å². The van der Waals surface area contributed by atoms with Crippen molar-refractivity contribution in [2.24, 2.45) is 5.92 Å². The fourth-order valence-electron chi connectivity index (χ4n) is 7.21. The zero-order valence-electron chi connectivity index (χ0n) is 29.6. The first-order valence-corrected chi connectivity index (χ1v) is 18.0. The number of amides is 2. The molecule has 1 aromatic heterocycles. The Labute approximate surface area is 309 Å². The Morgan fingerprint density at radius 1 is 0.827 bits per heavy atom. The van der Waals surface area contributed by atoms with E-state index in [1.165, 1.54) is 0 Å². The number of aromatic nitrogens is 2. The molecule has 2 amide bonds. The number of carbonyl (C=O) groups is 2. The largest absolute Gasteiger partial charge is 0.444 e. The van der Waals surface area contributed by atoms with Gasteiger partial charge in [0.15, 0.2) is 5.82 Å². The molecule has 1 aliphatic heterocycles. The Morgan fingerprint density at radius 3 is 1.98 bits per heavy atom. The lowest BCUT2D eigenvalue weighted by atomic mass is 9.77. The Bertz CT molecular complexity index is 2120. The minimum absolute atomic E-state index is 0.208. The van der Waals surface area contributed by atoms with Crippen molar-refractivity contribution in [2.45, 2.75) is 44.8 Å². The third-order valence-corrected chi connectivity index (χ3v) is 9.87. The van der Waals surface area contributed by atoms with Crippen molar-refractivity contribution in [1.82, 2.24) is 14.7 Å². The van der Waals surface area contributed by atoms with E-state index in [0.717, 1.165) is 38.7 Å². The number of hydrogen-bond donors (Lipinski definition) is 2. The maximum Gasteiger partial charge on any atom is 0.410 e. The molecule has 8 nitrogen and oxygen atoms in total. The first-order valence-electron chi connectivity index (χ1n) is 17.6. The van der Waals surface area contributed by atoms with Crippen molar-refractivity contribution in [3.05, 3.63) is 149 Å². The van der Waals surface area contributed by atoms with Crippen LogP contribution >= 0.6 is 11.6 Å². The van der Waals surface area contributed by atoms with Crippen LogP contribution in [0.25, 0.3) is 22.0 Å². The maximum atomic E-state index is 14.2. The first kappa shape index (κ1) is 34.8. The maximum absolute atomic E-state index is 14.2. The molecule has 7 rings (SSSR count). The van der Waals surface area contributed by atoms with Gasteiger partial charge in [0.05, 0.1) is 16.5 Å². The molecule has 5 aromatic carbocycles. The van der Waals surface area contributed by atoms with Crippen LogP contribution in [0.4, 0.5) is 16.3 Å². The molecule has 0 aliphatic carbocycles. The topological polar surface area (TPSA) is 102 Å². The minimum Gasteiger partial charge on any atom is -0.444 e. The summed E-state index contributed by atoms with van der Waals surface area (Å²) < 4.78 is 7.67. The van der Waals surface area contributed by atoms with Gasteiger partial charge in [-0.2, -0.15) is 5.10 Å². The third-order valence-electron chi connectivity index (χ3n) is 9.56. The number of nitrogens with two attached hydrogens (primary N) is 1. The van der Waals surface area contributed by atoms with Gasteiger partial charge in [-0.3, -0.25) is 4.79 Å². The zero-order chi connectivity index (χ0) is 36.5. The molecular weight excluding hydrogens is 670 g/mol. The van der Waals surface area contributed by atoms with Crippen molar-refractivity contribution in [3.63, 3.8) is 0 Å². The fourth-order valence-corrected chi connectivity index (χ4v) is 7.50. The summed E-state index contributed by atoms with van der Waals surface area (Å²) in [6.07, 6.45) is 0.909. The number of ether oxygens (including phenoxy) is 1. The van der Waals surface area contributed by atoms with Crippen molar-refractivity contribution in [2.75, 3.05) is 24.1 Å². The smallest absolute Gasteiger partial charge is 0.410 e. The molecule has 1 aliphatic rings. The molecule has 0 saturated carbocycles. The SMILES string of the molecule is CC(C)(C)OC(=O)N1CCC[C@@H](C(=O)Nc2nn(C(c3ccccc3)(c3ccccc3)c3ccccc3)c3ccc(-c4ccc(N)cc4Cl)cc23)C1. The number of nitrogens with zero attached hydrogens (tertiary/aromatic N) is 3. The number of halogens is 1. The number of nitrogen functional groups attached to an aromatic ring is 1. The summed E-state index contributed by atoms with van der Waals surface area (Å²) in [7, 11) is 0. The number of benzene rings is 5. The van der Waals surface area contributed by atoms with Crippen molar-refractivity contribution in [1.29, 1.82) is 0 Å². The van der Waals surface area contributed by atoms with E-state index in [0.29, 0.717) is 35.9 Å². The molecule has 3 N–H and O–H groups in total. The molecule has 1 fully saturated rings. The van der Waals surface area contributed by atoms with Crippen molar-refractivity contribution < 1.29 is 14.3 Å². The second-order valence-corrected chi connectivity index (χ2v) is 14.7. The van der Waals surface area contributed by atoms with Gasteiger partial charge in [-0.05, 0) is 80.1 Å². The van der Waals surface area contributed by atoms with Crippen LogP contribution in [0, 0.1) is 5.92 Å². The number of carbonyl (C=O) groups excluding carboxylic acids is 2. The fraction of sp³-hybridized carbons (Fsp3) is 0.233. The van der Waals surface area contributed by atoms with Crippen LogP contribution in [0.3, 0.4) is 0 Å². The van der Waals surface area contributed by atoms with Crippen LogP contribution in [0.2, 0.25) is 5.02 Å². The average molecular weight is 712 g/mol. The van der Waals surface area contributed by atoms with Crippen LogP contribution in [-0.4, -0.2) is 45.4 Å². The van der Waals surface area contributed by atoms with E-state index in [1.54, 1.807) is 11.0 Å². The summed E-state index contributed by atoms with van der Waals surface area (Å²) in [4.78, 5) is 28.8. The van der Waals surface area contributed by atoms with E-state index in [9.17, 15) is 9.59 Å². The normalized spacial score (nSPS) is 15.0. The van der Waals surface area contributed by atoms with Gasteiger partial charge >= 0.3 is 6.09 Å². The molecule has 0 unspecified atom stereocenters. The molecule has 9 heteroatoms. The molecule has 0 bridgehead atoms. The first-order chi connectivity index (χ1) is 25.0. The van der Waals surface area contributed by atoms with E-state index >= 15 is 0 Å². The second kappa shape index (κ2) is 14.2. The van der Waals surface area contributed by atoms with Gasteiger partial charge in [0.1, 0.15) is 11.1 Å². The molecule has 52 heavy (non-hydrogen) atoms. The van der Waals surface area contributed by atoms with Gasteiger partial charge in [0.25, 0.3) is 0 Å². The monoisotopic (exact) mass is 711 g/mol. The highest BCUT2D eigenvalue weighted by Crippen LogP contribution is 2.44. The summed E-state index contributed by atoms with van der Waals surface area (Å²) >= 11 is 6.73. The molecule has 0 spiro atoms. The summed E-state index contributed by atoms with van der Waals surface area (Å²) in [6, 6.07) is 42.4. The number of anilines is 2. The van der Waals surface area contributed by atoms with Gasteiger partial charge in [-0.1, -0.05) is 115 Å². The number of hydrogen-bond acceptors (Lipinski definition) is 5. The van der Waals surface area contributed by atoms with E-state index in [1.807, 2.05) is 110 Å². The van der Waals surface area contributed by atoms with E-state index in [4.69, 9.17) is 27.2 Å². The highest BCUT2D eigenvalue weighted by Gasteiger charge is 2.41. The molecular formula is C43H42ClN5O3. The minimum atomic E-state index is -0.927. The van der Waals surface area contributed by atoms with E-state index < -0.39 is 23.2 Å². The van der Waals surface area contributed by atoms with Crippen LogP contribution < -0.4 is 11.1 Å². The lowest BCUT2D eigenvalue weighted by Gasteiger charge is -2.37. The predicted molar refractivity (Wildman–Crippen MR) is 208 cm³/mol. The quantitative estimate of drug-likeness (QED) is 0.127. The number of nitrogens with one attached hydrogen (secondary N) is 1. The molecule has 1 atom stereocenters. The Morgan fingerprint density at radius 2 is 1.42 bits per heavy atom. The molecule has 6 aromatic rings. The van der Waals surface area contributed by atoms with Gasteiger partial charge in [0.2, 0.25) is 5.91 Å². The Kier molecular flexibility index (Phi) is 9.51. The molecule has 264 valence electrons. The highest BCUT2D eigenvalue weighted by molar-refractivity contribution is 6.33. The third kappa shape index (κ3) is 6.74. The molecule has 1 saturated heterocycles. The Hall–Kier alpha value is -5.60. The molecule has 0 radical (unpaired) electrons. The van der Waals surface area contributed by atoms with Crippen molar-refractivity contribution >= 4 is 46.0 Å². The lowest BCUT2D eigenvalue weighted by Crippen LogP contribution is -2.45. The van der Waals surface area contributed by atoms with Crippen LogP contribution in [-0.2, 0) is 15.1 Å². The molecule has 2 heterocycles. The van der Waals surface area contributed by atoms with Gasteiger partial charge < -0.3 is 20.7 Å². The number of rotatable bonds is 7. The van der Waals surface area contributed by atoms with Crippen molar-refractivity contribution in [3.8, 4) is 11.1 Å². The lowest BCUT2D eigenvalue weighted by molar-refractivity contribution is -0.121. The van der Waals surface area contributed by atoms with Gasteiger partial charge in [0, 0.05) is 29.7 Å². The summed E-state index contributed by atoms with van der Waals surface area (Å²) in [6.45, 7) is 6.31. The number of fused-ring (bicyclic) bond motifs is 1. The van der Waals surface area contributed by atoms with Gasteiger partial charge in [-0.15, -0.1) is 0 Å². The zero-order valence-corrected chi connectivity index (χ0v) is 30.3. The average Bonchev–Trinajstić information content (AvgIpc) is 3.50. The number of likely N-dealkylation sites (tertiary alicyclic amines) is 1. The summed E-state index contributed by atoms with van der Waals surface area (Å²) in [5.74, 6) is -0.242. The van der Waals surface area contributed by atoms with Crippen LogP contribution in [0.5, 0.6) is 0 Å². The second-order valence-electron chi connectivity index (χ2n) is 14.3. The highest BCUT2D eigenvalue weighted by atomic mass is 35.5. The van der Waals surface area contributed by atoms with E-state index in [-0.39, 0.29) is 12.5 Å².